The predicted octanol–water partition coefficient (Wildman–Crippen LogP) is 8.85. The van der Waals surface area contributed by atoms with E-state index < -0.39 is 0 Å². The number of rotatable bonds is 2. The van der Waals surface area contributed by atoms with Crippen molar-refractivity contribution in [2.24, 2.45) is 0 Å². The predicted molar refractivity (Wildman–Crippen MR) is 143 cm³/mol. The number of nitrogens with one attached hydrogen (secondary N) is 1. The molecule has 0 unspecified atom stereocenters. The molecule has 7 rings (SSSR count). The van der Waals surface area contributed by atoms with E-state index in [-0.39, 0.29) is 0 Å². The van der Waals surface area contributed by atoms with E-state index in [9.17, 15) is 0 Å². The number of para-hydroxylation sites is 4. The van der Waals surface area contributed by atoms with Crippen LogP contribution in [0.25, 0.3) is 60.4 Å². The Balaban J connectivity index is 1.54. The molecule has 1 N–H and O–H groups in total. The van der Waals surface area contributed by atoms with E-state index in [2.05, 4.69) is 135 Å². The second kappa shape index (κ2) is 7.09. The summed E-state index contributed by atoms with van der Waals surface area (Å²) < 4.78 is 3.44. The van der Waals surface area contributed by atoms with Crippen LogP contribution in [0.1, 0.15) is 0 Å². The summed E-state index contributed by atoms with van der Waals surface area (Å²) >= 11 is 3.71. The van der Waals surface area contributed by atoms with Crippen molar-refractivity contribution < 1.29 is 0 Å². The number of hydrogen-bond acceptors (Lipinski definition) is 0. The van der Waals surface area contributed by atoms with Gasteiger partial charge in [-0.2, -0.15) is 0 Å². The summed E-state index contributed by atoms with van der Waals surface area (Å²) in [6.07, 6.45) is 0. The lowest BCUT2D eigenvalue weighted by atomic mass is 10.00. The van der Waals surface area contributed by atoms with Crippen LogP contribution in [-0.2, 0) is 0 Å². The minimum absolute atomic E-state index is 1.09. The highest BCUT2D eigenvalue weighted by Crippen LogP contribution is 2.38. The van der Waals surface area contributed by atoms with E-state index >= 15 is 0 Å². The van der Waals surface area contributed by atoms with Gasteiger partial charge in [-0.05, 0) is 57.9 Å². The van der Waals surface area contributed by atoms with Crippen LogP contribution in [-0.4, -0.2) is 9.55 Å². The molecule has 0 bridgehead atoms. The number of aromatic nitrogens is 2. The molecule has 0 fully saturated rings. The molecule has 0 saturated carbocycles. The molecule has 7 aromatic rings. The average Bonchev–Trinajstić information content (AvgIpc) is 3.41. The molecule has 3 heteroatoms. The zero-order chi connectivity index (χ0) is 21.9. The highest BCUT2D eigenvalue weighted by Gasteiger charge is 2.15. The lowest BCUT2D eigenvalue weighted by Gasteiger charge is -2.08. The summed E-state index contributed by atoms with van der Waals surface area (Å²) in [6, 6.07) is 39.0. The first-order valence-corrected chi connectivity index (χ1v) is 11.9. The molecule has 2 aromatic heterocycles. The summed E-state index contributed by atoms with van der Waals surface area (Å²) in [5, 5.41) is 5.02. The molecule has 0 aliphatic heterocycles. The number of hydrogen-bond donors (Lipinski definition) is 1. The third-order valence-corrected chi connectivity index (χ3v) is 7.28. The van der Waals surface area contributed by atoms with Crippen LogP contribution in [0.3, 0.4) is 0 Å². The highest BCUT2D eigenvalue weighted by atomic mass is 79.9. The largest absolute Gasteiger partial charge is 0.353 e. The Hall–Kier alpha value is -3.82. The van der Waals surface area contributed by atoms with Gasteiger partial charge in [-0.25, -0.2) is 0 Å². The zero-order valence-corrected chi connectivity index (χ0v) is 19.3. The maximum Gasteiger partial charge on any atom is 0.0609 e. The molecular weight excluding hydrogens is 468 g/mol. The van der Waals surface area contributed by atoms with Gasteiger partial charge in [0, 0.05) is 37.3 Å². The first kappa shape index (κ1) is 18.7. The highest BCUT2D eigenvalue weighted by molar-refractivity contribution is 9.10. The maximum atomic E-state index is 3.71. The Labute approximate surface area is 199 Å². The normalized spacial score (nSPS) is 11.8. The standard InChI is InChI=1S/C30H19BrN2/c31-26-14-7-13-24-23-12-6-11-21(29(23)32-30(24)26)19-16-17-28-25(18-19)22-10-4-5-15-27(22)33(28)20-8-2-1-3-9-20/h1-18,32H. The lowest BCUT2D eigenvalue weighted by Crippen LogP contribution is -1.92. The molecular formula is C30H19BrN2. The number of nitrogens with zero attached hydrogens (tertiary/aromatic N) is 1. The fraction of sp³-hybridized carbons (Fsp3) is 0. The van der Waals surface area contributed by atoms with E-state index in [1.807, 2.05) is 0 Å². The quantitative estimate of drug-likeness (QED) is 0.252. The van der Waals surface area contributed by atoms with Gasteiger partial charge in [0.15, 0.2) is 0 Å². The number of H-pyrrole nitrogens is 1. The Kier molecular flexibility index (Phi) is 4.02. The molecule has 156 valence electrons. The fourth-order valence-corrected chi connectivity index (χ4v) is 5.61. The Morgan fingerprint density at radius 3 is 2.12 bits per heavy atom. The van der Waals surface area contributed by atoms with E-state index in [4.69, 9.17) is 0 Å². The van der Waals surface area contributed by atoms with Crippen molar-refractivity contribution in [3.05, 3.63) is 114 Å². The Morgan fingerprint density at radius 2 is 1.24 bits per heavy atom. The zero-order valence-electron chi connectivity index (χ0n) is 17.7. The molecule has 0 atom stereocenters. The lowest BCUT2D eigenvalue weighted by molar-refractivity contribution is 1.18. The monoisotopic (exact) mass is 486 g/mol. The van der Waals surface area contributed by atoms with E-state index in [1.54, 1.807) is 0 Å². The molecule has 0 aliphatic carbocycles. The molecule has 0 aliphatic rings. The van der Waals surface area contributed by atoms with E-state index in [0.717, 1.165) is 9.99 Å². The van der Waals surface area contributed by atoms with Crippen molar-refractivity contribution >= 4 is 59.5 Å². The second-order valence-electron chi connectivity index (χ2n) is 8.44. The Morgan fingerprint density at radius 1 is 0.545 bits per heavy atom. The van der Waals surface area contributed by atoms with Crippen LogP contribution in [0.5, 0.6) is 0 Å². The molecule has 2 heterocycles. The van der Waals surface area contributed by atoms with Gasteiger partial charge < -0.3 is 9.55 Å². The minimum atomic E-state index is 1.09. The van der Waals surface area contributed by atoms with Gasteiger partial charge in [-0.15, -0.1) is 0 Å². The van der Waals surface area contributed by atoms with Crippen LogP contribution in [0, 0.1) is 0 Å². The SMILES string of the molecule is Brc1cccc2c1[nH]c1c(-c3ccc4c(c3)c3ccccc3n4-c3ccccc3)cccc12. The molecule has 0 spiro atoms. The van der Waals surface area contributed by atoms with Crippen molar-refractivity contribution in [2.45, 2.75) is 0 Å². The first-order chi connectivity index (χ1) is 16.3. The average molecular weight is 487 g/mol. The summed E-state index contributed by atoms with van der Waals surface area (Å²) in [6.45, 7) is 0. The van der Waals surface area contributed by atoms with Gasteiger partial charge in [0.1, 0.15) is 0 Å². The summed E-state index contributed by atoms with van der Waals surface area (Å²) in [5.74, 6) is 0. The van der Waals surface area contributed by atoms with Crippen molar-refractivity contribution in [2.75, 3.05) is 0 Å². The van der Waals surface area contributed by atoms with Crippen molar-refractivity contribution in [1.82, 2.24) is 9.55 Å². The topological polar surface area (TPSA) is 20.7 Å². The molecule has 0 saturated heterocycles. The number of halogens is 1. The van der Waals surface area contributed by atoms with Crippen LogP contribution in [0.4, 0.5) is 0 Å². The van der Waals surface area contributed by atoms with Gasteiger partial charge in [-0.3, -0.25) is 0 Å². The van der Waals surface area contributed by atoms with Crippen molar-refractivity contribution in [3.8, 4) is 16.8 Å². The van der Waals surface area contributed by atoms with Gasteiger partial charge in [0.2, 0.25) is 0 Å². The van der Waals surface area contributed by atoms with Crippen LogP contribution < -0.4 is 0 Å². The third-order valence-electron chi connectivity index (χ3n) is 6.62. The minimum Gasteiger partial charge on any atom is -0.353 e. The van der Waals surface area contributed by atoms with E-state index in [0.29, 0.717) is 0 Å². The molecule has 5 aromatic carbocycles. The van der Waals surface area contributed by atoms with Crippen LogP contribution in [0.2, 0.25) is 0 Å². The van der Waals surface area contributed by atoms with Gasteiger partial charge in [0.05, 0.1) is 22.1 Å². The summed E-state index contributed by atoms with van der Waals surface area (Å²) in [4.78, 5) is 3.68. The first-order valence-electron chi connectivity index (χ1n) is 11.1. The van der Waals surface area contributed by atoms with Gasteiger partial charge in [-0.1, -0.05) is 72.8 Å². The van der Waals surface area contributed by atoms with Gasteiger partial charge in [0.25, 0.3) is 0 Å². The number of fused-ring (bicyclic) bond motifs is 6. The Bertz CT molecular complexity index is 1820. The third kappa shape index (κ3) is 2.73. The molecule has 2 nitrogen and oxygen atoms in total. The van der Waals surface area contributed by atoms with Crippen molar-refractivity contribution in [3.63, 3.8) is 0 Å². The molecule has 0 amide bonds. The number of benzene rings is 5. The van der Waals surface area contributed by atoms with Crippen molar-refractivity contribution in [1.29, 1.82) is 0 Å². The number of aromatic amines is 1. The van der Waals surface area contributed by atoms with Crippen LogP contribution in [0.15, 0.2) is 114 Å². The maximum absolute atomic E-state index is 3.71. The smallest absolute Gasteiger partial charge is 0.0609 e. The fourth-order valence-electron chi connectivity index (χ4n) is 5.15. The molecule has 33 heavy (non-hydrogen) atoms. The van der Waals surface area contributed by atoms with Gasteiger partial charge >= 0.3 is 0 Å². The summed E-state index contributed by atoms with van der Waals surface area (Å²) in [5.41, 5.74) is 8.37. The molecule has 0 radical (unpaired) electrons. The van der Waals surface area contributed by atoms with Crippen LogP contribution >= 0.6 is 15.9 Å². The second-order valence-corrected chi connectivity index (χ2v) is 9.29. The van der Waals surface area contributed by atoms with E-state index in [1.165, 1.54) is 54.9 Å². The summed E-state index contributed by atoms with van der Waals surface area (Å²) in [7, 11) is 0.